The van der Waals surface area contributed by atoms with Gasteiger partial charge in [-0.1, -0.05) is 13.3 Å². The molecular formula is C13H26N+. The van der Waals surface area contributed by atoms with E-state index in [4.69, 9.17) is 0 Å². The van der Waals surface area contributed by atoms with Gasteiger partial charge in [-0.15, -0.1) is 0 Å². The monoisotopic (exact) mass is 196 g/mol. The number of hydrogen-bond acceptors (Lipinski definition) is 0. The summed E-state index contributed by atoms with van der Waals surface area (Å²) >= 11 is 0. The molecule has 0 aromatic heterocycles. The van der Waals surface area contributed by atoms with Crippen LogP contribution in [0, 0.1) is 11.8 Å². The molecule has 14 heavy (non-hydrogen) atoms. The third kappa shape index (κ3) is 2.31. The number of nitrogens with zero attached hydrogens (tertiary/aromatic N) is 1. The zero-order chi connectivity index (χ0) is 10.0. The summed E-state index contributed by atoms with van der Waals surface area (Å²) in [6, 6.07) is 0. The fourth-order valence-electron chi connectivity index (χ4n) is 3.64. The quantitative estimate of drug-likeness (QED) is 0.609. The van der Waals surface area contributed by atoms with E-state index in [1.807, 2.05) is 0 Å². The van der Waals surface area contributed by atoms with Gasteiger partial charge in [0.15, 0.2) is 0 Å². The molecule has 0 radical (unpaired) electrons. The highest BCUT2D eigenvalue weighted by atomic mass is 15.3. The second kappa shape index (κ2) is 4.22. The number of unbranched alkanes of at least 4 members (excludes halogenated alkanes) is 1. The van der Waals surface area contributed by atoms with E-state index in [0.717, 1.165) is 11.8 Å². The van der Waals surface area contributed by atoms with Crippen LogP contribution in [0.4, 0.5) is 0 Å². The summed E-state index contributed by atoms with van der Waals surface area (Å²) in [5.74, 6) is 2.13. The number of rotatable bonds is 3. The zero-order valence-electron chi connectivity index (χ0n) is 9.97. The molecule has 2 heterocycles. The second-order valence-electron chi connectivity index (χ2n) is 5.95. The minimum Gasteiger partial charge on any atom is -0.326 e. The molecule has 3 fully saturated rings. The third-order valence-corrected chi connectivity index (χ3v) is 4.42. The summed E-state index contributed by atoms with van der Waals surface area (Å²) in [6.07, 6.45) is 8.92. The first-order valence-electron chi connectivity index (χ1n) is 6.55. The van der Waals surface area contributed by atoms with Crippen LogP contribution in [0.3, 0.4) is 0 Å². The van der Waals surface area contributed by atoms with E-state index in [1.54, 1.807) is 0 Å². The SMILES string of the molecule is CCCC[N+]1(C)CC2CCC(CC2)C1. The first-order valence-corrected chi connectivity index (χ1v) is 6.55. The highest BCUT2D eigenvalue weighted by Gasteiger charge is 2.37. The predicted octanol–water partition coefficient (Wildman–Crippen LogP) is 3.05. The first-order chi connectivity index (χ1) is 6.72. The van der Waals surface area contributed by atoms with Crippen molar-refractivity contribution in [3.63, 3.8) is 0 Å². The molecule has 0 spiro atoms. The maximum Gasteiger partial charge on any atom is 0.0813 e. The van der Waals surface area contributed by atoms with Gasteiger partial charge >= 0.3 is 0 Å². The van der Waals surface area contributed by atoms with Crippen LogP contribution in [0.1, 0.15) is 45.4 Å². The Kier molecular flexibility index (Phi) is 3.16. The van der Waals surface area contributed by atoms with Crippen molar-refractivity contribution >= 4 is 0 Å². The van der Waals surface area contributed by atoms with Gasteiger partial charge in [-0.05, 0) is 32.1 Å². The van der Waals surface area contributed by atoms with E-state index in [1.165, 1.54) is 62.6 Å². The fraction of sp³-hybridized carbons (Fsp3) is 1.00. The predicted molar refractivity (Wildman–Crippen MR) is 61.1 cm³/mol. The molecule has 0 aromatic rings. The molecule has 0 atom stereocenters. The van der Waals surface area contributed by atoms with Gasteiger partial charge in [-0.3, -0.25) is 0 Å². The molecule has 2 bridgehead atoms. The lowest BCUT2D eigenvalue weighted by molar-refractivity contribution is -0.913. The van der Waals surface area contributed by atoms with E-state index in [9.17, 15) is 0 Å². The van der Waals surface area contributed by atoms with Gasteiger partial charge in [0.1, 0.15) is 0 Å². The largest absolute Gasteiger partial charge is 0.326 e. The normalized spacial score (nSPS) is 42.4. The van der Waals surface area contributed by atoms with Crippen LogP contribution in [-0.4, -0.2) is 31.2 Å². The highest BCUT2D eigenvalue weighted by molar-refractivity contribution is 4.76. The van der Waals surface area contributed by atoms with Crippen LogP contribution in [0.15, 0.2) is 0 Å². The zero-order valence-corrected chi connectivity index (χ0v) is 9.97. The molecule has 2 aliphatic heterocycles. The van der Waals surface area contributed by atoms with Gasteiger partial charge in [0.05, 0.1) is 26.7 Å². The lowest BCUT2D eigenvalue weighted by atomic mass is 9.84. The van der Waals surface area contributed by atoms with Crippen molar-refractivity contribution in [3.8, 4) is 0 Å². The van der Waals surface area contributed by atoms with Gasteiger partial charge in [-0.2, -0.15) is 0 Å². The summed E-state index contributed by atoms with van der Waals surface area (Å²) in [7, 11) is 2.51. The van der Waals surface area contributed by atoms with E-state index in [2.05, 4.69) is 14.0 Å². The molecule has 0 amide bonds. The highest BCUT2D eigenvalue weighted by Crippen LogP contribution is 2.36. The Bertz CT molecular complexity index is 166. The molecule has 2 saturated heterocycles. The van der Waals surface area contributed by atoms with E-state index in [-0.39, 0.29) is 0 Å². The molecule has 1 heteroatoms. The topological polar surface area (TPSA) is 0 Å². The Balaban J connectivity index is 1.98. The molecule has 1 nitrogen and oxygen atoms in total. The first kappa shape index (κ1) is 10.5. The van der Waals surface area contributed by atoms with Crippen LogP contribution in [-0.2, 0) is 0 Å². The van der Waals surface area contributed by atoms with Crippen molar-refractivity contribution in [1.29, 1.82) is 0 Å². The Morgan fingerprint density at radius 1 is 1.00 bits per heavy atom. The lowest BCUT2D eigenvalue weighted by Crippen LogP contribution is -2.47. The summed E-state index contributed by atoms with van der Waals surface area (Å²) < 4.78 is 1.39. The molecule has 0 aromatic carbocycles. The van der Waals surface area contributed by atoms with Crippen molar-refractivity contribution in [3.05, 3.63) is 0 Å². The molecule has 0 N–H and O–H groups in total. The minimum atomic E-state index is 1.07. The Labute approximate surface area is 89.1 Å². The van der Waals surface area contributed by atoms with Crippen molar-refractivity contribution in [2.45, 2.75) is 45.4 Å². The van der Waals surface area contributed by atoms with Gasteiger partial charge in [-0.25, -0.2) is 0 Å². The molecule has 0 unspecified atom stereocenters. The van der Waals surface area contributed by atoms with Crippen LogP contribution in [0.5, 0.6) is 0 Å². The molecule has 1 saturated carbocycles. The smallest absolute Gasteiger partial charge is 0.0813 e. The van der Waals surface area contributed by atoms with Crippen molar-refractivity contribution in [2.24, 2.45) is 11.8 Å². The van der Waals surface area contributed by atoms with E-state index < -0.39 is 0 Å². The number of quaternary nitrogens is 1. The maximum atomic E-state index is 2.51. The molecule has 3 aliphatic rings. The summed E-state index contributed by atoms with van der Waals surface area (Å²) in [6.45, 7) is 6.72. The average Bonchev–Trinajstić information content (AvgIpc) is 2.42. The van der Waals surface area contributed by atoms with Crippen molar-refractivity contribution in [2.75, 3.05) is 26.7 Å². The molecule has 82 valence electrons. The summed E-state index contributed by atoms with van der Waals surface area (Å²) in [4.78, 5) is 0. The third-order valence-electron chi connectivity index (χ3n) is 4.42. The van der Waals surface area contributed by atoms with Crippen molar-refractivity contribution < 1.29 is 4.48 Å². The molecular weight excluding hydrogens is 170 g/mol. The van der Waals surface area contributed by atoms with Gasteiger partial charge in [0, 0.05) is 11.8 Å². The molecule has 1 aliphatic carbocycles. The van der Waals surface area contributed by atoms with Crippen molar-refractivity contribution in [1.82, 2.24) is 0 Å². The standard InChI is InChI=1S/C13H26N/c1-3-4-9-14(2)10-12-5-6-13(11-14)8-7-12/h12-13H,3-11H2,1-2H3/q+1. The lowest BCUT2D eigenvalue weighted by Gasteiger charge is -2.35. The van der Waals surface area contributed by atoms with E-state index in [0.29, 0.717) is 0 Å². The second-order valence-corrected chi connectivity index (χ2v) is 5.95. The Hall–Kier alpha value is -0.0400. The Morgan fingerprint density at radius 2 is 1.50 bits per heavy atom. The number of hydrogen-bond donors (Lipinski definition) is 0. The maximum absolute atomic E-state index is 2.51. The van der Waals surface area contributed by atoms with Gasteiger partial charge in [0.2, 0.25) is 0 Å². The van der Waals surface area contributed by atoms with Crippen LogP contribution in [0.25, 0.3) is 0 Å². The van der Waals surface area contributed by atoms with Crippen LogP contribution < -0.4 is 0 Å². The summed E-state index contributed by atoms with van der Waals surface area (Å²) in [5.41, 5.74) is 0. The van der Waals surface area contributed by atoms with Crippen LogP contribution in [0.2, 0.25) is 0 Å². The Morgan fingerprint density at radius 3 is 1.93 bits per heavy atom. The fourth-order valence-corrected chi connectivity index (χ4v) is 3.64. The summed E-state index contributed by atoms with van der Waals surface area (Å²) in [5, 5.41) is 0. The van der Waals surface area contributed by atoms with Gasteiger partial charge in [0.25, 0.3) is 0 Å². The number of fused-ring (bicyclic) bond motifs is 4. The van der Waals surface area contributed by atoms with Crippen LogP contribution >= 0.6 is 0 Å². The van der Waals surface area contributed by atoms with E-state index >= 15 is 0 Å². The minimum absolute atomic E-state index is 1.07. The molecule has 3 rings (SSSR count). The van der Waals surface area contributed by atoms with Gasteiger partial charge < -0.3 is 4.48 Å². The average molecular weight is 196 g/mol.